The molecule has 162 valence electrons. The first-order chi connectivity index (χ1) is 15.1. The van der Waals surface area contributed by atoms with Crippen LogP contribution in [0.25, 0.3) is 21.8 Å². The molecule has 0 bridgehead atoms. The number of carbonyl (C=O) groups is 1. The van der Waals surface area contributed by atoms with Gasteiger partial charge in [-0.05, 0) is 70.5 Å². The van der Waals surface area contributed by atoms with Crippen molar-refractivity contribution in [2.24, 2.45) is 0 Å². The Kier molecular flexibility index (Phi) is 8.09. The Labute approximate surface area is 182 Å². The summed E-state index contributed by atoms with van der Waals surface area (Å²) < 4.78 is 0. The van der Waals surface area contributed by atoms with Crippen molar-refractivity contribution in [3.05, 3.63) is 66.1 Å². The van der Waals surface area contributed by atoms with Gasteiger partial charge in [-0.3, -0.25) is 4.79 Å². The van der Waals surface area contributed by atoms with Crippen LogP contribution >= 0.6 is 0 Å². The standard InChI is InChI=1S/C15H23N5.C9H7NO/c1-16-9-6-10-17-15-12-7-4-5-8-13(12)18-14(19-15)11-20(2)3;11-6-7-1-2-9-8(5-7)3-4-10-9/h4-5,7-8,16H,6,9-11H2,1-3H3,(H,17,18,19);1-6,10H. The molecule has 0 atom stereocenters. The number of aromatic nitrogens is 3. The van der Waals surface area contributed by atoms with Crippen molar-refractivity contribution in [1.82, 2.24) is 25.2 Å². The quantitative estimate of drug-likeness (QED) is 0.299. The van der Waals surface area contributed by atoms with Gasteiger partial charge in [-0.2, -0.15) is 0 Å². The summed E-state index contributed by atoms with van der Waals surface area (Å²) in [5.74, 6) is 1.79. The van der Waals surface area contributed by atoms with Crippen molar-refractivity contribution < 1.29 is 4.79 Å². The summed E-state index contributed by atoms with van der Waals surface area (Å²) in [5.41, 5.74) is 2.78. The van der Waals surface area contributed by atoms with Gasteiger partial charge in [0.25, 0.3) is 0 Å². The highest BCUT2D eigenvalue weighted by molar-refractivity contribution is 5.89. The molecule has 4 aromatic rings. The number of anilines is 1. The summed E-state index contributed by atoms with van der Waals surface area (Å²) in [6.45, 7) is 2.65. The third-order valence-corrected chi connectivity index (χ3v) is 4.72. The lowest BCUT2D eigenvalue weighted by Gasteiger charge is -2.13. The van der Waals surface area contributed by atoms with Gasteiger partial charge in [-0.15, -0.1) is 0 Å². The molecule has 4 rings (SSSR count). The molecule has 0 amide bonds. The second-order valence-electron chi connectivity index (χ2n) is 7.57. The van der Waals surface area contributed by atoms with Crippen LogP contribution in [0.15, 0.2) is 54.7 Å². The zero-order valence-corrected chi connectivity index (χ0v) is 18.4. The molecule has 7 heteroatoms. The first-order valence-electron chi connectivity index (χ1n) is 10.4. The number of H-pyrrole nitrogens is 1. The molecule has 0 fully saturated rings. The van der Waals surface area contributed by atoms with Gasteiger partial charge >= 0.3 is 0 Å². The van der Waals surface area contributed by atoms with Crippen molar-refractivity contribution in [3.8, 4) is 0 Å². The number of aromatic amines is 1. The van der Waals surface area contributed by atoms with Crippen LogP contribution in [0.1, 0.15) is 22.6 Å². The number of aldehydes is 1. The summed E-state index contributed by atoms with van der Waals surface area (Å²) in [5, 5.41) is 8.74. The topological polar surface area (TPSA) is 85.9 Å². The highest BCUT2D eigenvalue weighted by atomic mass is 16.1. The van der Waals surface area contributed by atoms with Gasteiger partial charge in [0.2, 0.25) is 0 Å². The Bertz CT molecular complexity index is 1120. The molecule has 0 spiro atoms. The van der Waals surface area contributed by atoms with E-state index < -0.39 is 0 Å². The average Bonchev–Trinajstić information content (AvgIpc) is 3.24. The summed E-state index contributed by atoms with van der Waals surface area (Å²) in [6, 6.07) is 15.6. The molecule has 31 heavy (non-hydrogen) atoms. The number of rotatable bonds is 8. The van der Waals surface area contributed by atoms with E-state index >= 15 is 0 Å². The van der Waals surface area contributed by atoms with E-state index in [4.69, 9.17) is 0 Å². The fourth-order valence-corrected chi connectivity index (χ4v) is 3.23. The maximum atomic E-state index is 10.4. The van der Waals surface area contributed by atoms with E-state index in [1.54, 1.807) is 6.07 Å². The monoisotopic (exact) mass is 418 g/mol. The molecule has 0 saturated carbocycles. The Morgan fingerprint density at radius 2 is 1.90 bits per heavy atom. The van der Waals surface area contributed by atoms with Crippen LogP contribution < -0.4 is 10.6 Å². The summed E-state index contributed by atoms with van der Waals surface area (Å²) in [4.78, 5) is 24.8. The predicted molar refractivity (Wildman–Crippen MR) is 128 cm³/mol. The SMILES string of the molecule is CNCCCNc1nc(CN(C)C)nc2ccccc12.O=Cc1ccc2[nH]ccc2c1. The maximum absolute atomic E-state index is 10.4. The molecule has 0 radical (unpaired) electrons. The largest absolute Gasteiger partial charge is 0.369 e. The summed E-state index contributed by atoms with van der Waals surface area (Å²) >= 11 is 0. The third-order valence-electron chi connectivity index (χ3n) is 4.72. The lowest BCUT2D eigenvalue weighted by molar-refractivity contribution is 0.112. The number of nitrogens with zero attached hydrogens (tertiary/aromatic N) is 3. The first-order valence-corrected chi connectivity index (χ1v) is 10.4. The second kappa shape index (κ2) is 11.2. The number of carbonyl (C=O) groups excluding carboxylic acids is 1. The molecule has 7 nitrogen and oxygen atoms in total. The second-order valence-corrected chi connectivity index (χ2v) is 7.57. The molecule has 0 aliphatic rings. The van der Waals surface area contributed by atoms with Crippen LogP contribution in [0.3, 0.4) is 0 Å². The minimum atomic E-state index is 0.720. The zero-order chi connectivity index (χ0) is 22.1. The van der Waals surface area contributed by atoms with E-state index in [9.17, 15) is 4.79 Å². The van der Waals surface area contributed by atoms with E-state index in [-0.39, 0.29) is 0 Å². The first kappa shape index (κ1) is 22.4. The van der Waals surface area contributed by atoms with E-state index in [1.807, 2.05) is 63.7 Å². The molecular weight excluding hydrogens is 388 g/mol. The number of benzene rings is 2. The lowest BCUT2D eigenvalue weighted by atomic mass is 10.2. The Balaban J connectivity index is 0.000000207. The van der Waals surface area contributed by atoms with Crippen molar-refractivity contribution in [2.45, 2.75) is 13.0 Å². The lowest BCUT2D eigenvalue weighted by Crippen LogP contribution is -2.16. The number of nitrogens with one attached hydrogen (secondary N) is 3. The van der Waals surface area contributed by atoms with Crippen LogP contribution in [-0.4, -0.2) is 60.4 Å². The van der Waals surface area contributed by atoms with Gasteiger partial charge < -0.3 is 20.5 Å². The van der Waals surface area contributed by atoms with Crippen molar-refractivity contribution in [1.29, 1.82) is 0 Å². The number of hydrogen-bond acceptors (Lipinski definition) is 6. The number of para-hydroxylation sites is 1. The molecule has 2 aromatic carbocycles. The zero-order valence-electron chi connectivity index (χ0n) is 18.4. The molecule has 2 aromatic heterocycles. The highest BCUT2D eigenvalue weighted by Crippen LogP contribution is 2.20. The molecule has 0 aliphatic heterocycles. The van der Waals surface area contributed by atoms with Crippen molar-refractivity contribution in [3.63, 3.8) is 0 Å². The van der Waals surface area contributed by atoms with Crippen LogP contribution in [-0.2, 0) is 6.54 Å². The van der Waals surface area contributed by atoms with Crippen LogP contribution in [0.2, 0.25) is 0 Å². The predicted octanol–water partition coefficient (Wildman–Crippen LogP) is 3.69. The molecule has 0 aliphatic carbocycles. The average molecular weight is 419 g/mol. The maximum Gasteiger partial charge on any atom is 0.150 e. The van der Waals surface area contributed by atoms with E-state index in [0.29, 0.717) is 0 Å². The number of fused-ring (bicyclic) bond motifs is 2. The fourth-order valence-electron chi connectivity index (χ4n) is 3.23. The van der Waals surface area contributed by atoms with Crippen LogP contribution in [0.5, 0.6) is 0 Å². The van der Waals surface area contributed by atoms with E-state index in [2.05, 4.69) is 36.6 Å². The normalized spacial score (nSPS) is 10.8. The molecule has 2 heterocycles. The molecular formula is C24H30N6O. The van der Waals surface area contributed by atoms with Crippen LogP contribution in [0, 0.1) is 0 Å². The van der Waals surface area contributed by atoms with Gasteiger partial charge in [-0.25, -0.2) is 9.97 Å². The van der Waals surface area contributed by atoms with Gasteiger partial charge in [0.1, 0.15) is 17.9 Å². The molecule has 3 N–H and O–H groups in total. The Hall–Kier alpha value is -3.29. The van der Waals surface area contributed by atoms with Gasteiger partial charge in [0.05, 0.1) is 12.1 Å². The fraction of sp³-hybridized carbons (Fsp3) is 0.292. The smallest absolute Gasteiger partial charge is 0.150 e. The van der Waals surface area contributed by atoms with E-state index in [0.717, 1.165) is 71.4 Å². The van der Waals surface area contributed by atoms with Gasteiger partial charge in [0, 0.05) is 34.6 Å². The molecule has 0 unspecified atom stereocenters. The number of hydrogen-bond donors (Lipinski definition) is 3. The highest BCUT2D eigenvalue weighted by Gasteiger charge is 2.07. The van der Waals surface area contributed by atoms with Crippen molar-refractivity contribution >= 4 is 33.9 Å². The third kappa shape index (κ3) is 6.34. The minimum absolute atomic E-state index is 0.720. The van der Waals surface area contributed by atoms with Crippen molar-refractivity contribution in [2.75, 3.05) is 39.5 Å². The molecule has 0 saturated heterocycles. The summed E-state index contributed by atoms with van der Waals surface area (Å²) in [6.07, 6.45) is 3.78. The minimum Gasteiger partial charge on any atom is -0.369 e. The Morgan fingerprint density at radius 1 is 1.06 bits per heavy atom. The van der Waals surface area contributed by atoms with Gasteiger partial charge in [0.15, 0.2) is 0 Å². The van der Waals surface area contributed by atoms with Gasteiger partial charge in [-0.1, -0.05) is 12.1 Å². The Morgan fingerprint density at radius 3 is 2.68 bits per heavy atom. The van der Waals surface area contributed by atoms with E-state index in [1.165, 1.54) is 0 Å². The summed E-state index contributed by atoms with van der Waals surface area (Å²) in [7, 11) is 6.02. The van der Waals surface area contributed by atoms with Crippen LogP contribution in [0.4, 0.5) is 5.82 Å².